The molecule has 0 spiro atoms. The van der Waals surface area contributed by atoms with Gasteiger partial charge in [0.15, 0.2) is 0 Å². The van der Waals surface area contributed by atoms with E-state index in [4.69, 9.17) is 0 Å². The third kappa shape index (κ3) is 3.00. The van der Waals surface area contributed by atoms with Crippen LogP contribution < -0.4 is 5.32 Å². The number of nitrogens with one attached hydrogen (secondary N) is 1. The van der Waals surface area contributed by atoms with E-state index in [1.165, 1.54) is 32.1 Å². The summed E-state index contributed by atoms with van der Waals surface area (Å²) < 4.78 is 0. The van der Waals surface area contributed by atoms with Crippen LogP contribution in [0.3, 0.4) is 0 Å². The van der Waals surface area contributed by atoms with E-state index in [9.17, 15) is 5.11 Å². The number of hydrogen-bond donors (Lipinski definition) is 2. The van der Waals surface area contributed by atoms with E-state index in [1.807, 2.05) is 10.9 Å². The molecule has 0 aliphatic heterocycles. The Kier molecular flexibility index (Phi) is 4.11. The zero-order chi connectivity index (χ0) is 10.5. The minimum absolute atomic E-state index is 0.0272. The van der Waals surface area contributed by atoms with E-state index in [0.29, 0.717) is 6.04 Å². The lowest BCUT2D eigenvalue weighted by Gasteiger charge is -2.26. The SMILES string of the molecule is OCC(NC1CCCCC1)c1cscn1. The molecule has 84 valence electrons. The molecule has 2 N–H and O–H groups in total. The van der Waals surface area contributed by atoms with E-state index < -0.39 is 0 Å². The zero-order valence-electron chi connectivity index (χ0n) is 8.85. The average molecular weight is 226 g/mol. The van der Waals surface area contributed by atoms with Crippen molar-refractivity contribution in [3.8, 4) is 0 Å². The molecule has 1 fully saturated rings. The summed E-state index contributed by atoms with van der Waals surface area (Å²) in [6.45, 7) is 0.139. The minimum Gasteiger partial charge on any atom is -0.394 e. The fourth-order valence-electron chi connectivity index (χ4n) is 2.18. The van der Waals surface area contributed by atoms with Gasteiger partial charge >= 0.3 is 0 Å². The van der Waals surface area contributed by atoms with Crippen molar-refractivity contribution in [2.75, 3.05) is 6.61 Å². The molecule has 1 saturated carbocycles. The highest BCUT2D eigenvalue weighted by Gasteiger charge is 2.19. The first-order valence-corrected chi connectivity index (χ1v) is 6.59. The molecule has 1 aliphatic carbocycles. The monoisotopic (exact) mass is 226 g/mol. The highest BCUT2D eigenvalue weighted by molar-refractivity contribution is 7.07. The summed E-state index contributed by atoms with van der Waals surface area (Å²) in [5.74, 6) is 0. The first-order valence-electron chi connectivity index (χ1n) is 5.65. The molecular formula is C11H18N2OS. The molecule has 1 aromatic heterocycles. The van der Waals surface area contributed by atoms with Crippen LogP contribution in [0.15, 0.2) is 10.9 Å². The summed E-state index contributed by atoms with van der Waals surface area (Å²) in [4.78, 5) is 4.25. The van der Waals surface area contributed by atoms with Crippen molar-refractivity contribution >= 4 is 11.3 Å². The fraction of sp³-hybridized carbons (Fsp3) is 0.727. The predicted molar refractivity (Wildman–Crippen MR) is 61.9 cm³/mol. The molecule has 2 rings (SSSR count). The van der Waals surface area contributed by atoms with Crippen LogP contribution >= 0.6 is 11.3 Å². The number of hydrogen-bond acceptors (Lipinski definition) is 4. The normalized spacial score (nSPS) is 20.3. The van der Waals surface area contributed by atoms with Gasteiger partial charge < -0.3 is 10.4 Å². The second-order valence-corrected chi connectivity index (χ2v) is 4.87. The van der Waals surface area contributed by atoms with Gasteiger partial charge in [0.05, 0.1) is 23.9 Å². The maximum atomic E-state index is 9.33. The molecule has 1 aromatic rings. The van der Waals surface area contributed by atoms with E-state index in [1.54, 1.807) is 11.3 Å². The minimum atomic E-state index is 0.0272. The Balaban J connectivity index is 1.90. The quantitative estimate of drug-likeness (QED) is 0.826. The second kappa shape index (κ2) is 5.58. The summed E-state index contributed by atoms with van der Waals surface area (Å²) >= 11 is 1.58. The van der Waals surface area contributed by atoms with Crippen LogP contribution in [-0.2, 0) is 0 Å². The lowest BCUT2D eigenvalue weighted by molar-refractivity contribution is 0.218. The van der Waals surface area contributed by atoms with E-state index >= 15 is 0 Å². The molecule has 1 heterocycles. The van der Waals surface area contributed by atoms with Gasteiger partial charge in [-0.2, -0.15) is 0 Å². The third-order valence-electron chi connectivity index (χ3n) is 3.03. The molecular weight excluding hydrogens is 208 g/mol. The van der Waals surface area contributed by atoms with Crippen molar-refractivity contribution in [2.24, 2.45) is 0 Å². The van der Waals surface area contributed by atoms with Crippen LogP contribution in [0.4, 0.5) is 0 Å². The molecule has 3 nitrogen and oxygen atoms in total. The maximum Gasteiger partial charge on any atom is 0.0795 e. The Labute approximate surface area is 94.5 Å². The first-order chi connectivity index (χ1) is 7.40. The Morgan fingerprint density at radius 1 is 1.47 bits per heavy atom. The maximum absolute atomic E-state index is 9.33. The van der Waals surface area contributed by atoms with Crippen LogP contribution in [0.5, 0.6) is 0 Å². The molecule has 15 heavy (non-hydrogen) atoms. The van der Waals surface area contributed by atoms with Crippen molar-refractivity contribution in [3.05, 3.63) is 16.6 Å². The van der Waals surface area contributed by atoms with E-state index in [2.05, 4.69) is 10.3 Å². The fourth-order valence-corrected chi connectivity index (χ4v) is 2.79. The smallest absolute Gasteiger partial charge is 0.0795 e. The van der Waals surface area contributed by atoms with Crippen LogP contribution in [0.2, 0.25) is 0 Å². The third-order valence-corrected chi connectivity index (χ3v) is 3.64. The number of aliphatic hydroxyl groups excluding tert-OH is 1. The van der Waals surface area contributed by atoms with Crippen molar-refractivity contribution in [2.45, 2.75) is 44.2 Å². The summed E-state index contributed by atoms with van der Waals surface area (Å²) in [5, 5.41) is 14.8. The van der Waals surface area contributed by atoms with Crippen LogP contribution in [0.25, 0.3) is 0 Å². The Hall–Kier alpha value is -0.450. The highest BCUT2D eigenvalue weighted by Crippen LogP contribution is 2.21. The largest absolute Gasteiger partial charge is 0.394 e. The number of aromatic nitrogens is 1. The van der Waals surface area contributed by atoms with Gasteiger partial charge in [0.1, 0.15) is 0 Å². The molecule has 1 unspecified atom stereocenters. The topological polar surface area (TPSA) is 45.1 Å². The lowest BCUT2D eigenvalue weighted by Crippen LogP contribution is -2.36. The number of thiazole rings is 1. The van der Waals surface area contributed by atoms with Gasteiger partial charge in [-0.15, -0.1) is 11.3 Å². The lowest BCUT2D eigenvalue weighted by atomic mass is 9.95. The molecule has 0 radical (unpaired) electrons. The molecule has 0 saturated heterocycles. The van der Waals surface area contributed by atoms with Gasteiger partial charge in [0.25, 0.3) is 0 Å². The Bertz CT molecular complexity index is 270. The molecule has 0 bridgehead atoms. The summed E-state index contributed by atoms with van der Waals surface area (Å²) in [6.07, 6.45) is 6.46. The van der Waals surface area contributed by atoms with Crippen molar-refractivity contribution < 1.29 is 5.11 Å². The van der Waals surface area contributed by atoms with Crippen LogP contribution in [0.1, 0.15) is 43.8 Å². The second-order valence-electron chi connectivity index (χ2n) is 4.15. The van der Waals surface area contributed by atoms with Gasteiger partial charge in [-0.1, -0.05) is 19.3 Å². The first kappa shape index (κ1) is 11.0. The van der Waals surface area contributed by atoms with Gasteiger partial charge in [-0.3, -0.25) is 0 Å². The Morgan fingerprint density at radius 3 is 2.87 bits per heavy atom. The molecule has 4 heteroatoms. The summed E-state index contributed by atoms with van der Waals surface area (Å²) in [7, 11) is 0. The standard InChI is InChI=1S/C11H18N2OS/c14-6-10(11-7-15-8-12-11)13-9-4-2-1-3-5-9/h7-10,13-14H,1-6H2. The molecule has 1 atom stereocenters. The summed E-state index contributed by atoms with van der Waals surface area (Å²) in [5.41, 5.74) is 2.80. The number of rotatable bonds is 4. The predicted octanol–water partition coefficient (Wildman–Crippen LogP) is 2.10. The Morgan fingerprint density at radius 2 is 2.27 bits per heavy atom. The van der Waals surface area contributed by atoms with Crippen molar-refractivity contribution in [1.29, 1.82) is 0 Å². The highest BCUT2D eigenvalue weighted by atomic mass is 32.1. The van der Waals surface area contributed by atoms with Crippen LogP contribution in [-0.4, -0.2) is 22.7 Å². The molecule has 1 aliphatic rings. The van der Waals surface area contributed by atoms with Gasteiger partial charge in [-0.05, 0) is 12.8 Å². The number of nitrogens with zero attached hydrogens (tertiary/aromatic N) is 1. The van der Waals surface area contributed by atoms with Gasteiger partial charge in [0, 0.05) is 11.4 Å². The average Bonchev–Trinajstić information content (AvgIpc) is 2.81. The van der Waals surface area contributed by atoms with Crippen molar-refractivity contribution in [1.82, 2.24) is 10.3 Å². The van der Waals surface area contributed by atoms with E-state index in [0.717, 1.165) is 5.69 Å². The van der Waals surface area contributed by atoms with Gasteiger partial charge in [0.2, 0.25) is 0 Å². The summed E-state index contributed by atoms with van der Waals surface area (Å²) in [6, 6.07) is 0.594. The molecule has 0 aromatic carbocycles. The van der Waals surface area contributed by atoms with Gasteiger partial charge in [-0.25, -0.2) is 4.98 Å². The zero-order valence-corrected chi connectivity index (χ0v) is 9.67. The van der Waals surface area contributed by atoms with Crippen molar-refractivity contribution in [3.63, 3.8) is 0 Å². The van der Waals surface area contributed by atoms with Crippen LogP contribution in [0, 0.1) is 0 Å². The molecule has 0 amide bonds. The van der Waals surface area contributed by atoms with E-state index in [-0.39, 0.29) is 12.6 Å². The number of aliphatic hydroxyl groups is 1.